The van der Waals surface area contributed by atoms with Crippen LogP contribution in [0.2, 0.25) is 0 Å². The van der Waals surface area contributed by atoms with E-state index in [-0.39, 0.29) is 63.3 Å². The van der Waals surface area contributed by atoms with Gasteiger partial charge in [0.15, 0.2) is 0 Å². The normalized spacial score (nSPS) is 12.1. The van der Waals surface area contributed by atoms with Crippen LogP contribution >= 0.6 is 0 Å². The second kappa shape index (κ2) is 49.5. The van der Waals surface area contributed by atoms with Gasteiger partial charge < -0.3 is 33.4 Å². The van der Waals surface area contributed by atoms with Gasteiger partial charge in [-0.05, 0) is 97.1 Å². The van der Waals surface area contributed by atoms with Crippen LogP contribution in [0.5, 0.6) is 0 Å². The van der Waals surface area contributed by atoms with E-state index in [0.717, 1.165) is 96.0 Å². The zero-order valence-electron chi connectivity index (χ0n) is 44.3. The average Bonchev–Trinajstić information content (AvgIpc) is 3.32. The number of oxime groups is 1. The maximum atomic E-state index is 12.8. The summed E-state index contributed by atoms with van der Waals surface area (Å²) in [6.45, 7) is 16.2. The van der Waals surface area contributed by atoms with E-state index in [9.17, 15) is 19.2 Å². The highest BCUT2D eigenvalue weighted by Crippen LogP contribution is 2.19. The van der Waals surface area contributed by atoms with Crippen molar-refractivity contribution in [2.24, 2.45) is 11.1 Å². The van der Waals surface area contributed by atoms with Crippen molar-refractivity contribution in [2.75, 3.05) is 52.7 Å². The first-order valence-electron chi connectivity index (χ1n) is 27.9. The van der Waals surface area contributed by atoms with E-state index < -0.39 is 12.1 Å². The molecule has 0 aromatic carbocycles. The van der Waals surface area contributed by atoms with Gasteiger partial charge in [-0.2, -0.15) is 0 Å². The Morgan fingerprint density at radius 1 is 0.433 bits per heavy atom. The average molecular weight is 953 g/mol. The molecule has 0 aliphatic carbocycles. The summed E-state index contributed by atoms with van der Waals surface area (Å²) < 4.78 is 27.7. The SMILES string of the molecule is CCCCCCCCCCO/N=C(\C)CCCCCC(=O)OCC(COC(=O)CCCCCCC(=O)OC(CCCCCCCC)CCCCCCCC)COC(=O)OCCCN(CC)CC. The van der Waals surface area contributed by atoms with Crippen molar-refractivity contribution in [1.29, 1.82) is 0 Å². The summed E-state index contributed by atoms with van der Waals surface area (Å²) in [6.07, 6.45) is 33.8. The predicted octanol–water partition coefficient (Wildman–Crippen LogP) is 14.8. The molecule has 0 aromatic heterocycles. The van der Waals surface area contributed by atoms with E-state index in [0.29, 0.717) is 32.3 Å². The molecule has 0 saturated heterocycles. The van der Waals surface area contributed by atoms with E-state index in [1.165, 1.54) is 109 Å². The molecule has 0 saturated carbocycles. The van der Waals surface area contributed by atoms with E-state index in [2.05, 4.69) is 44.7 Å². The van der Waals surface area contributed by atoms with Crippen LogP contribution in [0.4, 0.5) is 4.79 Å². The lowest BCUT2D eigenvalue weighted by molar-refractivity contribution is -0.151. The molecule has 0 aliphatic rings. The highest BCUT2D eigenvalue weighted by Gasteiger charge is 2.19. The van der Waals surface area contributed by atoms with Crippen LogP contribution < -0.4 is 0 Å². The fourth-order valence-electron chi connectivity index (χ4n) is 7.95. The van der Waals surface area contributed by atoms with Crippen LogP contribution in [-0.4, -0.2) is 93.4 Å². The quantitative estimate of drug-likeness (QED) is 0.0189. The highest BCUT2D eigenvalue weighted by atomic mass is 16.7. The number of esters is 3. The molecule has 0 N–H and O–H groups in total. The molecule has 0 aromatic rings. The maximum absolute atomic E-state index is 12.8. The summed E-state index contributed by atoms with van der Waals surface area (Å²) in [5.74, 6) is -1.34. The molecule has 12 nitrogen and oxygen atoms in total. The molecule has 0 fully saturated rings. The van der Waals surface area contributed by atoms with E-state index in [1.807, 2.05) is 6.92 Å². The number of carbonyl (C=O) groups excluding carboxylic acids is 4. The molecular formula is C55H104N2O10. The fraction of sp³-hybridized carbons (Fsp3) is 0.909. The zero-order valence-corrected chi connectivity index (χ0v) is 44.3. The van der Waals surface area contributed by atoms with Gasteiger partial charge in [0.25, 0.3) is 0 Å². The minimum Gasteiger partial charge on any atom is -0.465 e. The summed E-state index contributed by atoms with van der Waals surface area (Å²) >= 11 is 0. The standard InChI is InChI=1S/C55H104N2O10/c1-7-12-15-18-21-22-27-35-45-66-56-49(6)37-29-28-34-41-53(59)64-47-50(48-65-55(61)62-44-36-43-57(10-4)11-5)46-63-52(58)40-32-25-26-33-42-54(60)67-51(38-30-23-19-16-13-8-2)39-31-24-20-17-14-9-3/h50-51H,7-48H2,1-6H3/b56-49+. The fourth-order valence-corrected chi connectivity index (χ4v) is 7.95. The number of hydrogen-bond acceptors (Lipinski definition) is 12. The third kappa shape index (κ3) is 45.3. The molecule has 0 amide bonds. The second-order valence-corrected chi connectivity index (χ2v) is 18.9. The van der Waals surface area contributed by atoms with Crippen LogP contribution in [0.3, 0.4) is 0 Å². The number of unbranched alkanes of at least 4 members (excludes halogenated alkanes) is 22. The summed E-state index contributed by atoms with van der Waals surface area (Å²) in [4.78, 5) is 58.3. The van der Waals surface area contributed by atoms with Crippen LogP contribution in [-0.2, 0) is 42.9 Å². The van der Waals surface area contributed by atoms with Crippen molar-refractivity contribution >= 4 is 29.8 Å². The van der Waals surface area contributed by atoms with Crippen LogP contribution in [0.15, 0.2) is 5.16 Å². The van der Waals surface area contributed by atoms with Crippen LogP contribution in [0.25, 0.3) is 0 Å². The summed E-state index contributed by atoms with van der Waals surface area (Å²) in [5, 5.41) is 4.25. The Labute approximate surface area is 410 Å². The number of rotatable bonds is 50. The van der Waals surface area contributed by atoms with Gasteiger partial charge in [0, 0.05) is 25.8 Å². The molecule has 1 unspecified atom stereocenters. The molecule has 0 aliphatic heterocycles. The van der Waals surface area contributed by atoms with Crippen LogP contribution in [0, 0.1) is 5.92 Å². The van der Waals surface area contributed by atoms with Gasteiger partial charge in [-0.3, -0.25) is 14.4 Å². The van der Waals surface area contributed by atoms with Gasteiger partial charge in [-0.15, -0.1) is 0 Å². The van der Waals surface area contributed by atoms with Gasteiger partial charge >= 0.3 is 24.1 Å². The first-order chi connectivity index (χ1) is 32.7. The molecule has 0 rings (SSSR count). The lowest BCUT2D eigenvalue weighted by Crippen LogP contribution is -2.27. The van der Waals surface area contributed by atoms with E-state index in [4.69, 9.17) is 28.5 Å². The van der Waals surface area contributed by atoms with E-state index >= 15 is 0 Å². The monoisotopic (exact) mass is 953 g/mol. The van der Waals surface area contributed by atoms with Gasteiger partial charge in [0.2, 0.25) is 0 Å². The number of ether oxygens (including phenoxy) is 5. The molecule has 1 atom stereocenters. The Hall–Kier alpha value is -2.89. The molecule has 12 heteroatoms. The largest absolute Gasteiger partial charge is 0.508 e. The molecule has 394 valence electrons. The third-order valence-corrected chi connectivity index (χ3v) is 12.4. The van der Waals surface area contributed by atoms with Crippen LogP contribution in [0.1, 0.15) is 260 Å². The lowest BCUT2D eigenvalue weighted by Gasteiger charge is -2.18. The smallest absolute Gasteiger partial charge is 0.465 e. The Morgan fingerprint density at radius 3 is 1.36 bits per heavy atom. The number of nitrogens with zero attached hydrogens (tertiary/aromatic N) is 2. The van der Waals surface area contributed by atoms with Crippen molar-refractivity contribution in [3.8, 4) is 0 Å². The summed E-state index contributed by atoms with van der Waals surface area (Å²) in [5.41, 5.74) is 0.958. The zero-order chi connectivity index (χ0) is 49.3. The first kappa shape index (κ1) is 64.1. The van der Waals surface area contributed by atoms with Gasteiger partial charge in [0.1, 0.15) is 32.5 Å². The Morgan fingerprint density at radius 2 is 0.851 bits per heavy atom. The van der Waals surface area contributed by atoms with Crippen molar-refractivity contribution < 1.29 is 47.7 Å². The molecule has 0 heterocycles. The van der Waals surface area contributed by atoms with Gasteiger partial charge in [-0.25, -0.2) is 4.79 Å². The first-order valence-corrected chi connectivity index (χ1v) is 27.9. The molecule has 0 radical (unpaired) electrons. The van der Waals surface area contributed by atoms with Crippen molar-refractivity contribution in [3.63, 3.8) is 0 Å². The minimum atomic E-state index is -0.797. The lowest BCUT2D eigenvalue weighted by atomic mass is 10.0. The Balaban J connectivity index is 4.68. The Bertz CT molecular complexity index is 1160. The maximum Gasteiger partial charge on any atom is 0.508 e. The number of carbonyl (C=O) groups is 4. The third-order valence-electron chi connectivity index (χ3n) is 12.4. The Kier molecular flexibility index (Phi) is 47.4. The minimum absolute atomic E-state index is 0.0192. The number of hydrogen-bond donors (Lipinski definition) is 0. The van der Waals surface area contributed by atoms with Gasteiger partial charge in [0.05, 0.1) is 18.2 Å². The molecule has 67 heavy (non-hydrogen) atoms. The summed E-state index contributed by atoms with van der Waals surface area (Å²) in [7, 11) is 0. The second-order valence-electron chi connectivity index (χ2n) is 18.9. The highest BCUT2D eigenvalue weighted by molar-refractivity contribution is 5.81. The topological polar surface area (TPSA) is 139 Å². The van der Waals surface area contributed by atoms with Crippen molar-refractivity contribution in [2.45, 2.75) is 266 Å². The molecular weight excluding hydrogens is 849 g/mol. The summed E-state index contributed by atoms with van der Waals surface area (Å²) in [6, 6.07) is 0. The molecule has 0 bridgehead atoms. The van der Waals surface area contributed by atoms with Crippen molar-refractivity contribution in [3.05, 3.63) is 0 Å². The predicted molar refractivity (Wildman–Crippen MR) is 273 cm³/mol. The molecule has 0 spiro atoms. The van der Waals surface area contributed by atoms with Crippen molar-refractivity contribution in [1.82, 2.24) is 4.90 Å². The van der Waals surface area contributed by atoms with E-state index in [1.54, 1.807) is 0 Å². The van der Waals surface area contributed by atoms with Gasteiger partial charge in [-0.1, -0.05) is 162 Å².